The van der Waals surface area contributed by atoms with E-state index in [1.807, 2.05) is 0 Å². The van der Waals surface area contributed by atoms with Gasteiger partial charge in [0.15, 0.2) is 0 Å². The molecule has 1 saturated carbocycles. The van der Waals surface area contributed by atoms with Gasteiger partial charge in [-0.1, -0.05) is 25.7 Å². The van der Waals surface area contributed by atoms with Crippen LogP contribution in [0.15, 0.2) is 4.99 Å². The Hall–Kier alpha value is -0.330. The summed E-state index contributed by atoms with van der Waals surface area (Å²) in [6.45, 7) is 1.12. The van der Waals surface area contributed by atoms with Crippen molar-refractivity contribution < 1.29 is 0 Å². The Morgan fingerprint density at radius 2 is 1.75 bits per heavy atom. The second-order valence-corrected chi connectivity index (χ2v) is 4.17. The minimum absolute atomic E-state index is 0.892. The van der Waals surface area contributed by atoms with E-state index in [1.54, 1.807) is 5.71 Å². The van der Waals surface area contributed by atoms with Crippen LogP contribution in [0, 0.1) is 5.92 Å². The zero-order valence-corrected chi connectivity index (χ0v) is 7.89. The molecule has 0 aromatic heterocycles. The molecule has 0 aromatic carbocycles. The first-order valence-corrected chi connectivity index (χ1v) is 5.50. The van der Waals surface area contributed by atoms with Crippen LogP contribution >= 0.6 is 0 Å². The molecule has 1 atom stereocenters. The molecule has 1 fully saturated rings. The normalized spacial score (nSPS) is 31.3. The van der Waals surface area contributed by atoms with Gasteiger partial charge in [-0.15, -0.1) is 0 Å². The van der Waals surface area contributed by atoms with Crippen molar-refractivity contribution in [3.63, 3.8) is 0 Å². The molecular formula is C11H19N. The molecule has 0 bridgehead atoms. The topological polar surface area (TPSA) is 12.4 Å². The predicted octanol–water partition coefficient (Wildman–Crippen LogP) is 3.19. The number of aliphatic imine (C=N–C) groups is 1. The average Bonchev–Trinajstić information content (AvgIpc) is 2.50. The van der Waals surface area contributed by atoms with E-state index in [1.165, 1.54) is 51.4 Å². The summed E-state index contributed by atoms with van der Waals surface area (Å²) < 4.78 is 0. The number of rotatable bonds is 0. The molecule has 68 valence electrons. The largest absolute Gasteiger partial charge is 0.294 e. The molecule has 1 unspecified atom stereocenters. The molecule has 0 saturated heterocycles. The fraction of sp³-hybridized carbons (Fsp3) is 0.909. The molecule has 0 amide bonds. The van der Waals surface area contributed by atoms with Crippen molar-refractivity contribution in [1.29, 1.82) is 0 Å². The molecule has 1 aliphatic carbocycles. The standard InChI is InChI=1S/C11H19N/c1-2-4-6-10-8-9-12-11(10)7-5-3-1/h10H,1-9H2. The van der Waals surface area contributed by atoms with Gasteiger partial charge < -0.3 is 0 Å². The van der Waals surface area contributed by atoms with Crippen LogP contribution in [0.25, 0.3) is 0 Å². The van der Waals surface area contributed by atoms with E-state index >= 15 is 0 Å². The van der Waals surface area contributed by atoms with Gasteiger partial charge in [-0.05, 0) is 31.6 Å². The lowest BCUT2D eigenvalue weighted by Crippen LogP contribution is -2.08. The highest BCUT2D eigenvalue weighted by molar-refractivity contribution is 5.88. The van der Waals surface area contributed by atoms with Crippen LogP contribution < -0.4 is 0 Å². The second-order valence-electron chi connectivity index (χ2n) is 4.17. The third-order valence-corrected chi connectivity index (χ3v) is 3.25. The SMILES string of the molecule is C1CCCC2=NCCC2CCC1. The lowest BCUT2D eigenvalue weighted by atomic mass is 9.94. The molecule has 0 radical (unpaired) electrons. The van der Waals surface area contributed by atoms with Crippen LogP contribution in [-0.4, -0.2) is 12.3 Å². The smallest absolute Gasteiger partial charge is 0.0395 e. The Kier molecular flexibility index (Phi) is 2.80. The summed E-state index contributed by atoms with van der Waals surface area (Å²) in [5.74, 6) is 0.892. The van der Waals surface area contributed by atoms with Crippen molar-refractivity contribution in [3.05, 3.63) is 0 Å². The molecule has 12 heavy (non-hydrogen) atoms. The van der Waals surface area contributed by atoms with Gasteiger partial charge in [0, 0.05) is 12.3 Å². The van der Waals surface area contributed by atoms with Crippen LogP contribution in [0.1, 0.15) is 51.4 Å². The zero-order chi connectivity index (χ0) is 8.23. The quantitative estimate of drug-likeness (QED) is 0.522. The zero-order valence-electron chi connectivity index (χ0n) is 7.89. The molecule has 0 aromatic rings. The molecule has 2 rings (SSSR count). The van der Waals surface area contributed by atoms with Crippen LogP contribution in [0.3, 0.4) is 0 Å². The number of nitrogens with zero attached hydrogens (tertiary/aromatic N) is 1. The van der Waals surface area contributed by atoms with Crippen molar-refractivity contribution in [2.24, 2.45) is 10.9 Å². The number of hydrogen-bond acceptors (Lipinski definition) is 1. The third kappa shape index (κ3) is 1.88. The Morgan fingerprint density at radius 3 is 2.75 bits per heavy atom. The summed E-state index contributed by atoms with van der Waals surface area (Å²) >= 11 is 0. The summed E-state index contributed by atoms with van der Waals surface area (Å²) in [7, 11) is 0. The number of hydrogen-bond donors (Lipinski definition) is 0. The van der Waals surface area contributed by atoms with E-state index in [0.29, 0.717) is 0 Å². The summed E-state index contributed by atoms with van der Waals surface area (Å²) in [4.78, 5) is 4.62. The molecule has 0 spiro atoms. The van der Waals surface area contributed by atoms with E-state index in [9.17, 15) is 0 Å². The fourth-order valence-corrected chi connectivity index (χ4v) is 2.48. The van der Waals surface area contributed by atoms with E-state index in [4.69, 9.17) is 0 Å². The van der Waals surface area contributed by atoms with Gasteiger partial charge in [0.1, 0.15) is 0 Å². The average molecular weight is 165 g/mol. The van der Waals surface area contributed by atoms with Crippen molar-refractivity contribution in [3.8, 4) is 0 Å². The van der Waals surface area contributed by atoms with Crippen molar-refractivity contribution in [2.45, 2.75) is 51.4 Å². The van der Waals surface area contributed by atoms with Crippen molar-refractivity contribution in [2.75, 3.05) is 6.54 Å². The first-order chi connectivity index (χ1) is 5.97. The lowest BCUT2D eigenvalue weighted by molar-refractivity contribution is 0.553. The van der Waals surface area contributed by atoms with Gasteiger partial charge in [-0.3, -0.25) is 4.99 Å². The minimum atomic E-state index is 0.892. The molecule has 1 heterocycles. The van der Waals surface area contributed by atoms with Gasteiger partial charge >= 0.3 is 0 Å². The molecule has 1 heteroatoms. The van der Waals surface area contributed by atoms with Crippen LogP contribution in [-0.2, 0) is 0 Å². The highest BCUT2D eigenvalue weighted by Gasteiger charge is 2.20. The Morgan fingerprint density at radius 1 is 0.917 bits per heavy atom. The van der Waals surface area contributed by atoms with E-state index in [0.717, 1.165) is 12.5 Å². The van der Waals surface area contributed by atoms with Gasteiger partial charge in [-0.2, -0.15) is 0 Å². The first kappa shape index (κ1) is 8.28. The Balaban J connectivity index is 1.94. The van der Waals surface area contributed by atoms with Gasteiger partial charge in [0.05, 0.1) is 0 Å². The van der Waals surface area contributed by atoms with Crippen LogP contribution in [0.4, 0.5) is 0 Å². The second kappa shape index (κ2) is 4.06. The highest BCUT2D eigenvalue weighted by Crippen LogP contribution is 2.26. The first-order valence-electron chi connectivity index (χ1n) is 5.50. The maximum absolute atomic E-state index is 4.62. The minimum Gasteiger partial charge on any atom is -0.294 e. The Labute approximate surface area is 75.3 Å². The number of fused-ring (bicyclic) bond motifs is 1. The summed E-state index contributed by atoms with van der Waals surface area (Å²) in [6.07, 6.45) is 11.3. The van der Waals surface area contributed by atoms with Gasteiger partial charge in [-0.25, -0.2) is 0 Å². The summed E-state index contributed by atoms with van der Waals surface area (Å²) in [5, 5.41) is 0. The monoisotopic (exact) mass is 165 g/mol. The van der Waals surface area contributed by atoms with E-state index in [-0.39, 0.29) is 0 Å². The van der Waals surface area contributed by atoms with Crippen molar-refractivity contribution >= 4 is 5.71 Å². The maximum atomic E-state index is 4.62. The summed E-state index contributed by atoms with van der Waals surface area (Å²) in [5.41, 5.74) is 1.57. The van der Waals surface area contributed by atoms with Crippen LogP contribution in [0.5, 0.6) is 0 Å². The Bertz CT molecular complexity index is 172. The molecule has 2 aliphatic rings. The summed E-state index contributed by atoms with van der Waals surface area (Å²) in [6, 6.07) is 0. The highest BCUT2D eigenvalue weighted by atomic mass is 14.8. The maximum Gasteiger partial charge on any atom is 0.0395 e. The van der Waals surface area contributed by atoms with E-state index in [2.05, 4.69) is 4.99 Å². The van der Waals surface area contributed by atoms with E-state index < -0.39 is 0 Å². The molecule has 0 N–H and O–H groups in total. The molecular weight excluding hydrogens is 146 g/mol. The fourth-order valence-electron chi connectivity index (χ4n) is 2.48. The molecule has 1 aliphatic heterocycles. The molecule has 1 nitrogen and oxygen atoms in total. The van der Waals surface area contributed by atoms with Gasteiger partial charge in [0.2, 0.25) is 0 Å². The lowest BCUT2D eigenvalue weighted by Gasteiger charge is -2.09. The third-order valence-electron chi connectivity index (χ3n) is 3.25. The predicted molar refractivity (Wildman–Crippen MR) is 52.7 cm³/mol. The van der Waals surface area contributed by atoms with Crippen molar-refractivity contribution in [1.82, 2.24) is 0 Å². The van der Waals surface area contributed by atoms with Crippen LogP contribution in [0.2, 0.25) is 0 Å². The van der Waals surface area contributed by atoms with Gasteiger partial charge in [0.25, 0.3) is 0 Å².